The molecule has 0 aliphatic carbocycles. The van der Waals surface area contributed by atoms with E-state index in [-0.39, 0.29) is 22.8 Å². The fraction of sp³-hybridized carbons (Fsp3) is 0. The molecule has 8 heteroatoms. The fourth-order valence-electron chi connectivity index (χ4n) is 2.81. The van der Waals surface area contributed by atoms with Crippen molar-refractivity contribution in [3.05, 3.63) is 48.2 Å². The summed E-state index contributed by atoms with van der Waals surface area (Å²) >= 11 is 0. The Kier molecular flexibility index (Phi) is 3.01. The number of nitrogens with two attached hydrogens (primary N) is 1. The molecule has 2 aromatic carbocycles. The maximum absolute atomic E-state index is 13.0. The number of phenolic OH excluding ortho intramolecular Hbond substituents is 1. The maximum atomic E-state index is 13.0. The Morgan fingerprint density at radius 3 is 2.20 bits per heavy atom. The molecule has 4 aromatic rings. The Morgan fingerprint density at radius 1 is 0.920 bits per heavy atom. The van der Waals surface area contributed by atoms with E-state index >= 15 is 0 Å². The molecule has 0 radical (unpaired) electrons. The number of benzene rings is 2. The average molecular weight is 336 g/mol. The molecule has 124 valence electrons. The number of anilines is 1. The quantitative estimate of drug-likeness (QED) is 0.417. The van der Waals surface area contributed by atoms with Gasteiger partial charge in [0.05, 0.1) is 5.52 Å². The molecule has 0 spiro atoms. The zero-order valence-electron chi connectivity index (χ0n) is 12.7. The molecule has 2 aromatic heterocycles. The number of carbonyl (C=O) groups is 1. The van der Waals surface area contributed by atoms with Gasteiger partial charge in [-0.3, -0.25) is 4.79 Å². The van der Waals surface area contributed by atoms with Gasteiger partial charge in [-0.05, 0) is 30.3 Å². The largest absolute Gasteiger partial charge is 0.508 e. The maximum Gasteiger partial charge on any atom is 0.287 e. The van der Waals surface area contributed by atoms with Gasteiger partial charge < -0.3 is 21.1 Å². The Bertz CT molecular complexity index is 1130. The third-order valence-electron chi connectivity index (χ3n) is 3.93. The average Bonchev–Trinajstić information content (AvgIpc) is 2.85. The van der Waals surface area contributed by atoms with Crippen LogP contribution >= 0.6 is 0 Å². The summed E-state index contributed by atoms with van der Waals surface area (Å²) in [5, 5.41) is 31.3. The van der Waals surface area contributed by atoms with E-state index in [1.54, 1.807) is 24.3 Å². The minimum absolute atomic E-state index is 0.0824. The number of phenols is 1. The van der Waals surface area contributed by atoms with Crippen LogP contribution in [0, 0.1) is 0 Å². The Labute approximate surface area is 140 Å². The van der Waals surface area contributed by atoms with Crippen molar-refractivity contribution in [1.82, 2.24) is 14.5 Å². The second kappa shape index (κ2) is 5.10. The van der Waals surface area contributed by atoms with E-state index in [0.717, 1.165) is 4.57 Å². The van der Waals surface area contributed by atoms with Crippen LogP contribution in [0.1, 0.15) is 10.5 Å². The van der Waals surface area contributed by atoms with Crippen molar-refractivity contribution in [2.45, 2.75) is 0 Å². The van der Waals surface area contributed by atoms with E-state index in [2.05, 4.69) is 9.97 Å². The first-order chi connectivity index (χ1) is 12.0. The van der Waals surface area contributed by atoms with E-state index in [9.17, 15) is 20.1 Å². The first-order valence-corrected chi connectivity index (χ1v) is 7.29. The lowest BCUT2D eigenvalue weighted by Gasteiger charge is -2.08. The molecule has 0 aliphatic heterocycles. The summed E-state index contributed by atoms with van der Waals surface area (Å²) in [5.74, 6) is -1.85. The molecule has 0 atom stereocenters. The molecule has 0 saturated heterocycles. The predicted molar refractivity (Wildman–Crippen MR) is 90.6 cm³/mol. The summed E-state index contributed by atoms with van der Waals surface area (Å²) in [6.45, 7) is 0. The van der Waals surface area contributed by atoms with Crippen molar-refractivity contribution < 1.29 is 20.1 Å². The van der Waals surface area contributed by atoms with Gasteiger partial charge in [0.15, 0.2) is 0 Å². The van der Waals surface area contributed by atoms with Gasteiger partial charge in [-0.2, -0.15) is 0 Å². The van der Waals surface area contributed by atoms with Crippen LogP contribution in [0.2, 0.25) is 0 Å². The third kappa shape index (κ3) is 2.12. The van der Waals surface area contributed by atoms with Gasteiger partial charge in [-0.1, -0.05) is 12.1 Å². The molecule has 0 amide bonds. The van der Waals surface area contributed by atoms with Gasteiger partial charge in [0.1, 0.15) is 11.4 Å². The van der Waals surface area contributed by atoms with Crippen molar-refractivity contribution in [3.8, 4) is 17.5 Å². The molecule has 0 aliphatic rings. The fourth-order valence-corrected chi connectivity index (χ4v) is 2.81. The summed E-state index contributed by atoms with van der Waals surface area (Å²) in [6.07, 6.45) is 0. The lowest BCUT2D eigenvalue weighted by atomic mass is 10.1. The van der Waals surface area contributed by atoms with Crippen LogP contribution in [-0.2, 0) is 0 Å². The van der Waals surface area contributed by atoms with Gasteiger partial charge in [0.25, 0.3) is 5.91 Å². The first kappa shape index (κ1) is 14.8. The summed E-state index contributed by atoms with van der Waals surface area (Å²) in [6, 6.07) is 10.7. The topological polar surface area (TPSA) is 134 Å². The molecule has 0 fully saturated rings. The molecule has 5 N–H and O–H groups in total. The van der Waals surface area contributed by atoms with Crippen LogP contribution in [-0.4, -0.2) is 35.8 Å². The zero-order chi connectivity index (χ0) is 17.7. The summed E-state index contributed by atoms with van der Waals surface area (Å²) in [7, 11) is 0. The van der Waals surface area contributed by atoms with Crippen LogP contribution in [0.5, 0.6) is 17.5 Å². The van der Waals surface area contributed by atoms with E-state index in [4.69, 9.17) is 5.73 Å². The monoisotopic (exact) mass is 336 g/mol. The van der Waals surface area contributed by atoms with Crippen LogP contribution in [0.15, 0.2) is 42.5 Å². The highest BCUT2D eigenvalue weighted by atomic mass is 16.3. The molecule has 8 nitrogen and oxygen atoms in total. The lowest BCUT2D eigenvalue weighted by molar-refractivity contribution is 0.0939. The molecular formula is C17H12N4O4. The van der Waals surface area contributed by atoms with Crippen LogP contribution in [0.4, 0.5) is 5.95 Å². The number of hydrogen-bond donors (Lipinski definition) is 4. The van der Waals surface area contributed by atoms with Gasteiger partial charge in [0, 0.05) is 16.2 Å². The number of aromatic nitrogens is 3. The van der Waals surface area contributed by atoms with E-state index < -0.39 is 17.7 Å². The molecule has 0 bridgehead atoms. The molecular weight excluding hydrogens is 324 g/mol. The molecule has 25 heavy (non-hydrogen) atoms. The number of nitrogens with zero attached hydrogens (tertiary/aromatic N) is 3. The molecule has 2 heterocycles. The van der Waals surface area contributed by atoms with E-state index in [1.807, 2.05) is 0 Å². The highest BCUT2D eigenvalue weighted by Gasteiger charge is 2.25. The standard InChI is InChI=1S/C17H12N4O4/c18-17-19-12-6-5-8(22)7-11(12)13(20-17)16(25)21-14(23)9-3-1-2-4-10(9)15(21)24/h1-7,22-24H,(H2,18,19,20). The third-order valence-corrected chi connectivity index (χ3v) is 3.93. The first-order valence-electron chi connectivity index (χ1n) is 7.29. The minimum atomic E-state index is -0.795. The van der Waals surface area contributed by atoms with Crippen LogP contribution in [0.3, 0.4) is 0 Å². The highest BCUT2D eigenvalue weighted by Crippen LogP contribution is 2.37. The number of rotatable bonds is 1. The van der Waals surface area contributed by atoms with Crippen molar-refractivity contribution in [1.29, 1.82) is 0 Å². The van der Waals surface area contributed by atoms with Gasteiger partial charge in [0.2, 0.25) is 17.7 Å². The summed E-state index contributed by atoms with van der Waals surface area (Å²) in [4.78, 5) is 20.9. The van der Waals surface area contributed by atoms with Crippen LogP contribution < -0.4 is 5.73 Å². The van der Waals surface area contributed by atoms with Crippen LogP contribution in [0.25, 0.3) is 21.7 Å². The SMILES string of the molecule is Nc1nc(C(=O)n2c(O)c3ccccc3c2O)c2cc(O)ccc2n1. The zero-order valence-corrected chi connectivity index (χ0v) is 12.7. The second-order valence-electron chi connectivity index (χ2n) is 5.47. The van der Waals surface area contributed by atoms with E-state index in [1.165, 1.54) is 18.2 Å². The molecule has 4 rings (SSSR count). The predicted octanol–water partition coefficient (Wildman–Crippen LogP) is 1.97. The molecule has 0 unspecified atom stereocenters. The van der Waals surface area contributed by atoms with Gasteiger partial charge in [-0.25, -0.2) is 14.5 Å². The minimum Gasteiger partial charge on any atom is -0.508 e. The molecule has 0 saturated carbocycles. The van der Waals surface area contributed by atoms with Crippen molar-refractivity contribution >= 4 is 33.5 Å². The number of carbonyl (C=O) groups excluding carboxylic acids is 1. The number of aromatic hydroxyl groups is 3. The van der Waals surface area contributed by atoms with Gasteiger partial charge in [-0.15, -0.1) is 0 Å². The summed E-state index contributed by atoms with van der Waals surface area (Å²) < 4.78 is 0.746. The highest BCUT2D eigenvalue weighted by molar-refractivity contribution is 6.10. The lowest BCUT2D eigenvalue weighted by Crippen LogP contribution is -2.15. The van der Waals surface area contributed by atoms with E-state index in [0.29, 0.717) is 16.3 Å². The Hall–Kier alpha value is -3.81. The van der Waals surface area contributed by atoms with Crippen molar-refractivity contribution in [2.75, 3.05) is 5.73 Å². The Morgan fingerprint density at radius 2 is 1.56 bits per heavy atom. The number of fused-ring (bicyclic) bond motifs is 2. The van der Waals surface area contributed by atoms with Crippen molar-refractivity contribution in [3.63, 3.8) is 0 Å². The Balaban J connectivity index is 2.02. The summed E-state index contributed by atoms with van der Waals surface area (Å²) in [5.41, 5.74) is 5.86. The second-order valence-corrected chi connectivity index (χ2v) is 5.47. The smallest absolute Gasteiger partial charge is 0.287 e. The van der Waals surface area contributed by atoms with Crippen molar-refractivity contribution in [2.24, 2.45) is 0 Å². The number of nitrogen functional groups attached to an aromatic ring is 1. The number of hydrogen-bond acceptors (Lipinski definition) is 7. The normalized spacial score (nSPS) is 11.2. The van der Waals surface area contributed by atoms with Gasteiger partial charge >= 0.3 is 0 Å².